The van der Waals surface area contributed by atoms with Crippen LogP contribution in [0.5, 0.6) is 0 Å². The average molecular weight is 333 g/mol. The Kier molecular flexibility index (Phi) is 6.17. The summed E-state index contributed by atoms with van der Waals surface area (Å²) < 4.78 is 2.39. The molecule has 1 amide bonds. The van der Waals surface area contributed by atoms with Crippen LogP contribution in [0.1, 0.15) is 51.0 Å². The summed E-state index contributed by atoms with van der Waals surface area (Å²) in [5.41, 5.74) is -0.423. The van der Waals surface area contributed by atoms with Crippen LogP contribution in [0, 0.1) is 0 Å². The number of carbonyl (C=O) groups is 1. The summed E-state index contributed by atoms with van der Waals surface area (Å²) in [6.07, 6.45) is 11.1. The summed E-state index contributed by atoms with van der Waals surface area (Å²) in [4.78, 5) is 38.4. The molecule has 0 saturated heterocycles. The van der Waals surface area contributed by atoms with Gasteiger partial charge in [0.25, 0.3) is 5.56 Å². The summed E-state index contributed by atoms with van der Waals surface area (Å²) in [6, 6.07) is 0.304. The van der Waals surface area contributed by atoms with Crippen LogP contribution in [0.15, 0.2) is 21.9 Å². The van der Waals surface area contributed by atoms with Crippen molar-refractivity contribution < 1.29 is 4.79 Å². The molecule has 6 heteroatoms. The lowest BCUT2D eigenvalue weighted by molar-refractivity contribution is -0.128. The largest absolute Gasteiger partial charge is 0.336 e. The van der Waals surface area contributed by atoms with Crippen LogP contribution in [-0.2, 0) is 18.9 Å². The van der Waals surface area contributed by atoms with E-state index < -0.39 is 0 Å². The maximum Gasteiger partial charge on any atom is 0.330 e. The molecule has 1 aromatic heterocycles. The molecule has 1 heterocycles. The molecule has 0 aliphatic heterocycles. The molecule has 1 saturated carbocycles. The normalized spacial score (nSPS) is 15.8. The lowest BCUT2D eigenvalue weighted by Gasteiger charge is -2.33. The van der Waals surface area contributed by atoms with Crippen LogP contribution in [0.25, 0.3) is 6.08 Å². The number of carbonyl (C=O) groups excluding carboxylic acids is 1. The van der Waals surface area contributed by atoms with Crippen molar-refractivity contribution >= 4 is 12.0 Å². The molecule has 1 aliphatic rings. The maximum atomic E-state index is 12.6. The van der Waals surface area contributed by atoms with E-state index in [9.17, 15) is 14.4 Å². The minimum absolute atomic E-state index is 0.0559. The van der Waals surface area contributed by atoms with Crippen molar-refractivity contribution in [3.63, 3.8) is 0 Å². The second-order valence-electron chi connectivity index (χ2n) is 6.50. The van der Waals surface area contributed by atoms with E-state index in [-0.39, 0.29) is 17.2 Å². The topological polar surface area (TPSA) is 64.3 Å². The standard InChI is InChI=1S/C18H27N3O3/c1-4-12-21(15-8-6-5-7-9-15)16(22)11-10-14-13-19(2)18(24)20(3)17(14)23/h10-11,13,15H,4-9,12H2,1-3H3/b11-10+. The Labute approximate surface area is 142 Å². The first-order valence-electron chi connectivity index (χ1n) is 8.71. The lowest BCUT2D eigenvalue weighted by atomic mass is 9.94. The number of amides is 1. The van der Waals surface area contributed by atoms with Gasteiger partial charge >= 0.3 is 5.69 Å². The fourth-order valence-electron chi connectivity index (χ4n) is 3.31. The van der Waals surface area contributed by atoms with E-state index in [0.717, 1.165) is 30.4 Å². The van der Waals surface area contributed by atoms with E-state index in [1.54, 1.807) is 7.05 Å². The van der Waals surface area contributed by atoms with Crippen LogP contribution in [0.3, 0.4) is 0 Å². The first-order valence-corrected chi connectivity index (χ1v) is 8.71. The smallest absolute Gasteiger partial charge is 0.330 e. The second-order valence-corrected chi connectivity index (χ2v) is 6.50. The highest BCUT2D eigenvalue weighted by Gasteiger charge is 2.23. The van der Waals surface area contributed by atoms with Gasteiger partial charge in [-0.25, -0.2) is 4.79 Å². The summed E-state index contributed by atoms with van der Waals surface area (Å²) in [5.74, 6) is -0.0559. The van der Waals surface area contributed by atoms with Crippen molar-refractivity contribution in [2.75, 3.05) is 6.54 Å². The molecule has 1 fully saturated rings. The van der Waals surface area contributed by atoms with Crippen molar-refractivity contribution in [3.05, 3.63) is 38.7 Å². The van der Waals surface area contributed by atoms with Crippen LogP contribution < -0.4 is 11.2 Å². The summed E-state index contributed by atoms with van der Waals surface area (Å²) in [6.45, 7) is 2.80. The monoisotopic (exact) mass is 333 g/mol. The van der Waals surface area contributed by atoms with E-state index in [1.165, 1.54) is 49.2 Å². The van der Waals surface area contributed by atoms with E-state index in [1.807, 2.05) is 4.90 Å². The highest BCUT2D eigenvalue weighted by molar-refractivity contribution is 5.91. The third-order valence-corrected chi connectivity index (χ3v) is 4.64. The molecule has 0 bridgehead atoms. The molecule has 0 spiro atoms. The number of nitrogens with zero attached hydrogens (tertiary/aromatic N) is 3. The van der Waals surface area contributed by atoms with Gasteiger partial charge in [-0.05, 0) is 25.3 Å². The average Bonchev–Trinajstić information content (AvgIpc) is 2.60. The number of hydrogen-bond acceptors (Lipinski definition) is 3. The predicted molar refractivity (Wildman–Crippen MR) is 94.8 cm³/mol. The molecule has 0 atom stereocenters. The Bertz CT molecular complexity index is 724. The van der Waals surface area contributed by atoms with Crippen molar-refractivity contribution in [1.29, 1.82) is 0 Å². The summed E-state index contributed by atoms with van der Waals surface area (Å²) in [5, 5.41) is 0. The molecule has 2 rings (SSSR count). The highest BCUT2D eigenvalue weighted by Crippen LogP contribution is 2.23. The van der Waals surface area contributed by atoms with Gasteiger partial charge in [-0.2, -0.15) is 0 Å². The Morgan fingerprint density at radius 3 is 2.54 bits per heavy atom. The zero-order valence-corrected chi connectivity index (χ0v) is 14.8. The SMILES string of the molecule is CCCN(C(=O)/C=C/c1cn(C)c(=O)n(C)c1=O)C1CCCCC1. The molecule has 0 aromatic carbocycles. The molecule has 1 aliphatic carbocycles. The Morgan fingerprint density at radius 2 is 1.92 bits per heavy atom. The molecule has 24 heavy (non-hydrogen) atoms. The molecule has 132 valence electrons. The molecule has 6 nitrogen and oxygen atoms in total. The van der Waals surface area contributed by atoms with Gasteiger partial charge in [0.1, 0.15) is 0 Å². The van der Waals surface area contributed by atoms with Crippen molar-refractivity contribution in [2.24, 2.45) is 14.1 Å². The second kappa shape index (κ2) is 8.13. The Hall–Kier alpha value is -2.11. The third kappa shape index (κ3) is 4.04. The van der Waals surface area contributed by atoms with Gasteiger partial charge in [-0.15, -0.1) is 0 Å². The van der Waals surface area contributed by atoms with Crippen LogP contribution in [0.2, 0.25) is 0 Å². The van der Waals surface area contributed by atoms with Gasteiger partial charge in [0.2, 0.25) is 5.91 Å². The number of rotatable bonds is 5. The number of aromatic nitrogens is 2. The van der Waals surface area contributed by atoms with Crippen LogP contribution in [-0.4, -0.2) is 32.5 Å². The van der Waals surface area contributed by atoms with Gasteiger partial charge in [-0.1, -0.05) is 26.2 Å². The first kappa shape index (κ1) is 18.2. The van der Waals surface area contributed by atoms with Gasteiger partial charge in [0, 0.05) is 39.0 Å². The predicted octanol–water partition coefficient (Wildman–Crippen LogP) is 1.67. The van der Waals surface area contributed by atoms with E-state index in [0.29, 0.717) is 11.6 Å². The lowest BCUT2D eigenvalue weighted by Crippen LogP contribution is -2.41. The highest BCUT2D eigenvalue weighted by atomic mass is 16.2. The number of hydrogen-bond donors (Lipinski definition) is 0. The fraction of sp³-hybridized carbons (Fsp3) is 0.611. The molecular formula is C18H27N3O3. The zero-order chi connectivity index (χ0) is 17.7. The van der Waals surface area contributed by atoms with E-state index in [2.05, 4.69) is 6.92 Å². The Morgan fingerprint density at radius 1 is 1.25 bits per heavy atom. The van der Waals surface area contributed by atoms with Gasteiger partial charge in [-0.3, -0.25) is 14.2 Å². The molecule has 0 N–H and O–H groups in total. The van der Waals surface area contributed by atoms with Gasteiger partial charge in [0.05, 0.1) is 5.56 Å². The molecule has 1 aromatic rings. The fourth-order valence-corrected chi connectivity index (χ4v) is 3.31. The summed E-state index contributed by atoms with van der Waals surface area (Å²) >= 11 is 0. The quantitative estimate of drug-likeness (QED) is 0.770. The summed E-state index contributed by atoms with van der Waals surface area (Å²) in [7, 11) is 3.03. The third-order valence-electron chi connectivity index (χ3n) is 4.64. The van der Waals surface area contributed by atoms with Crippen LogP contribution >= 0.6 is 0 Å². The molecular weight excluding hydrogens is 306 g/mol. The Balaban J connectivity index is 2.21. The molecule has 0 radical (unpaired) electrons. The van der Waals surface area contributed by atoms with Crippen molar-refractivity contribution in [2.45, 2.75) is 51.5 Å². The van der Waals surface area contributed by atoms with Crippen LogP contribution in [0.4, 0.5) is 0 Å². The first-order chi connectivity index (χ1) is 11.5. The van der Waals surface area contributed by atoms with Crippen molar-refractivity contribution in [3.8, 4) is 0 Å². The maximum absolute atomic E-state index is 12.6. The van der Waals surface area contributed by atoms with Gasteiger partial charge in [0.15, 0.2) is 0 Å². The van der Waals surface area contributed by atoms with E-state index >= 15 is 0 Å². The van der Waals surface area contributed by atoms with Crippen molar-refractivity contribution in [1.82, 2.24) is 14.0 Å². The van der Waals surface area contributed by atoms with E-state index in [4.69, 9.17) is 0 Å². The molecule has 0 unspecified atom stereocenters. The zero-order valence-electron chi connectivity index (χ0n) is 14.8. The number of aryl methyl sites for hydroxylation is 1. The minimum atomic E-state index is -0.387. The van der Waals surface area contributed by atoms with Gasteiger partial charge < -0.3 is 9.47 Å². The minimum Gasteiger partial charge on any atom is -0.336 e.